The van der Waals surface area contributed by atoms with E-state index in [1.807, 2.05) is 0 Å². The minimum absolute atomic E-state index is 0.00476. The third-order valence-electron chi connectivity index (χ3n) is 6.63. The molecule has 5 rings (SSSR count). The first-order chi connectivity index (χ1) is 18.2. The third kappa shape index (κ3) is 5.20. The average Bonchev–Trinajstić information content (AvgIpc) is 3.48. The zero-order valence-electron chi connectivity index (χ0n) is 19.8. The molecule has 0 spiro atoms. The van der Waals surface area contributed by atoms with Gasteiger partial charge in [-0.2, -0.15) is 4.39 Å². The molecule has 38 heavy (non-hydrogen) atoms. The third-order valence-corrected chi connectivity index (χ3v) is 6.63. The summed E-state index contributed by atoms with van der Waals surface area (Å²) in [5.74, 6) is -3.89. The quantitative estimate of drug-likeness (QED) is 0.351. The highest BCUT2D eigenvalue weighted by Gasteiger charge is 2.41. The minimum Gasteiger partial charge on any atom is -0.342 e. The number of rotatable bonds is 8. The van der Waals surface area contributed by atoms with Crippen molar-refractivity contribution < 1.29 is 31.5 Å². The molecule has 3 atom stereocenters. The van der Waals surface area contributed by atoms with E-state index in [0.717, 1.165) is 17.7 Å². The lowest BCUT2D eigenvalue weighted by molar-refractivity contribution is -0.139. The highest BCUT2D eigenvalue weighted by molar-refractivity contribution is 5.88. The van der Waals surface area contributed by atoms with E-state index in [-0.39, 0.29) is 23.6 Å². The zero-order chi connectivity index (χ0) is 27.0. The van der Waals surface area contributed by atoms with Crippen molar-refractivity contribution in [3.05, 3.63) is 70.8 Å². The molecule has 0 unspecified atom stereocenters. The van der Waals surface area contributed by atoms with E-state index in [0.29, 0.717) is 10.2 Å². The Morgan fingerprint density at radius 3 is 2.55 bits per heavy atom. The van der Waals surface area contributed by atoms with Gasteiger partial charge in [0.25, 0.3) is 6.43 Å². The van der Waals surface area contributed by atoms with Crippen LogP contribution in [0.5, 0.6) is 0 Å². The molecule has 2 fully saturated rings. The topological polar surface area (TPSA) is 106 Å². The molecular weight excluding hydrogens is 513 g/mol. The lowest BCUT2D eigenvalue weighted by atomic mass is 10.0. The maximum absolute atomic E-state index is 14.8. The first kappa shape index (κ1) is 25.7. The monoisotopic (exact) mass is 535 g/mol. The van der Waals surface area contributed by atoms with Crippen LogP contribution in [0.1, 0.15) is 60.3 Å². The maximum atomic E-state index is 14.8. The number of amides is 2. The zero-order valence-corrected chi connectivity index (χ0v) is 19.8. The second-order valence-electron chi connectivity index (χ2n) is 9.24. The minimum atomic E-state index is -3.05. The Balaban J connectivity index is 1.40. The summed E-state index contributed by atoms with van der Waals surface area (Å²) in [4.78, 5) is 31.1. The number of likely N-dealkylation sites (tertiary alicyclic amines) is 1. The van der Waals surface area contributed by atoms with Crippen LogP contribution in [0.4, 0.5) is 22.0 Å². The fourth-order valence-corrected chi connectivity index (χ4v) is 4.59. The van der Waals surface area contributed by atoms with E-state index in [4.69, 9.17) is 0 Å². The fraction of sp³-hybridized carbons (Fsp3) is 0.417. The summed E-state index contributed by atoms with van der Waals surface area (Å²) < 4.78 is 70.7. The van der Waals surface area contributed by atoms with Gasteiger partial charge in [-0.3, -0.25) is 9.59 Å². The van der Waals surface area contributed by atoms with Gasteiger partial charge in [0.1, 0.15) is 24.6 Å². The van der Waals surface area contributed by atoms with Crippen LogP contribution in [0.25, 0.3) is 0 Å². The van der Waals surface area contributed by atoms with Gasteiger partial charge in [0, 0.05) is 17.5 Å². The second-order valence-corrected chi connectivity index (χ2v) is 9.24. The van der Waals surface area contributed by atoms with Crippen molar-refractivity contribution in [1.82, 2.24) is 35.4 Å². The Kier molecular flexibility index (Phi) is 7.04. The number of hydrogen-bond acceptors (Lipinski definition) is 6. The first-order valence-corrected chi connectivity index (χ1v) is 11.9. The highest BCUT2D eigenvalue weighted by Crippen LogP contribution is 2.41. The summed E-state index contributed by atoms with van der Waals surface area (Å²) >= 11 is 0. The molecule has 3 aromatic rings. The van der Waals surface area contributed by atoms with Crippen molar-refractivity contribution in [1.29, 1.82) is 0 Å². The number of aromatic nitrogens is 5. The lowest BCUT2D eigenvalue weighted by Crippen LogP contribution is -2.48. The molecule has 1 aliphatic heterocycles. The van der Waals surface area contributed by atoms with Crippen LogP contribution in [0.3, 0.4) is 0 Å². The Bertz CT molecular complexity index is 1350. The number of alkyl halides is 3. The SMILES string of the molecule is O=C(N[C@H](c1ccc(C2CC2)c(F)n1)c1ccccc1F)[C@@H]1C[C@@H](F)CN1C(=O)Cn1nnnc1C(F)F. The number of halogens is 5. The molecule has 1 N–H and O–H groups in total. The van der Waals surface area contributed by atoms with Crippen LogP contribution in [0.2, 0.25) is 0 Å². The number of tetrazole rings is 1. The maximum Gasteiger partial charge on any atom is 0.298 e. The van der Waals surface area contributed by atoms with E-state index in [1.165, 1.54) is 30.3 Å². The van der Waals surface area contributed by atoms with Crippen LogP contribution in [-0.2, 0) is 16.1 Å². The Morgan fingerprint density at radius 1 is 1.11 bits per heavy atom. The average molecular weight is 535 g/mol. The molecule has 200 valence electrons. The largest absolute Gasteiger partial charge is 0.342 e. The standard InChI is InChI=1S/C24H22F5N7O2/c25-13-9-18(35(10-13)19(37)11-36-23(21(27)28)32-33-34-36)24(38)31-20(15-3-1-2-4-16(15)26)17-8-7-14(12-5-6-12)22(29)30-17/h1-4,7-8,12-13,18,20-21H,5-6,9-11H2,(H,31,38)/t13-,18+,20+/m1/s1. The Hall–Kier alpha value is -3.97. The van der Waals surface area contributed by atoms with Crippen molar-refractivity contribution in [2.24, 2.45) is 0 Å². The number of carbonyl (C=O) groups is 2. The molecular formula is C24H22F5N7O2. The predicted molar refractivity (Wildman–Crippen MR) is 120 cm³/mol. The van der Waals surface area contributed by atoms with Crippen molar-refractivity contribution in [2.45, 2.75) is 56.4 Å². The Labute approximate surface area is 213 Å². The molecule has 9 nitrogen and oxygen atoms in total. The molecule has 2 amide bonds. The smallest absolute Gasteiger partial charge is 0.298 e. The van der Waals surface area contributed by atoms with Gasteiger partial charge in [-0.05, 0) is 41.3 Å². The van der Waals surface area contributed by atoms with Gasteiger partial charge in [0.2, 0.25) is 23.6 Å². The van der Waals surface area contributed by atoms with Gasteiger partial charge in [0.05, 0.1) is 18.3 Å². The van der Waals surface area contributed by atoms with Crippen molar-refractivity contribution in [2.75, 3.05) is 6.54 Å². The lowest BCUT2D eigenvalue weighted by Gasteiger charge is -2.27. The van der Waals surface area contributed by atoms with Crippen molar-refractivity contribution in [3.8, 4) is 0 Å². The second kappa shape index (κ2) is 10.4. The van der Waals surface area contributed by atoms with Gasteiger partial charge < -0.3 is 10.2 Å². The summed E-state index contributed by atoms with van der Waals surface area (Å²) in [6.45, 7) is -1.20. The van der Waals surface area contributed by atoms with E-state index in [1.54, 1.807) is 6.07 Å². The number of pyridine rings is 1. The number of benzene rings is 1. The molecule has 2 aliphatic rings. The van der Waals surface area contributed by atoms with Crippen molar-refractivity contribution >= 4 is 11.8 Å². The number of carbonyl (C=O) groups excluding carboxylic acids is 2. The molecule has 0 radical (unpaired) electrons. The molecule has 3 heterocycles. The Morgan fingerprint density at radius 2 is 1.87 bits per heavy atom. The van der Waals surface area contributed by atoms with Crippen LogP contribution in [0.15, 0.2) is 36.4 Å². The van der Waals surface area contributed by atoms with Crippen LogP contribution >= 0.6 is 0 Å². The first-order valence-electron chi connectivity index (χ1n) is 11.9. The summed E-state index contributed by atoms with van der Waals surface area (Å²) in [5.41, 5.74) is 0.453. The van der Waals surface area contributed by atoms with Crippen molar-refractivity contribution in [3.63, 3.8) is 0 Å². The van der Waals surface area contributed by atoms with Crippen LogP contribution < -0.4 is 5.32 Å². The number of nitrogens with zero attached hydrogens (tertiary/aromatic N) is 6. The molecule has 1 aromatic carbocycles. The summed E-state index contributed by atoms with van der Waals surface area (Å²) in [6, 6.07) is 5.99. The summed E-state index contributed by atoms with van der Waals surface area (Å²) in [5, 5.41) is 12.2. The van der Waals surface area contributed by atoms with Gasteiger partial charge in [-0.15, -0.1) is 5.10 Å². The number of nitrogens with one attached hydrogen (secondary N) is 1. The van der Waals surface area contributed by atoms with Gasteiger partial charge in [-0.1, -0.05) is 24.3 Å². The molecule has 1 saturated carbocycles. The van der Waals surface area contributed by atoms with E-state index >= 15 is 0 Å². The number of hydrogen-bond donors (Lipinski definition) is 1. The van der Waals surface area contributed by atoms with Gasteiger partial charge in [-0.25, -0.2) is 27.2 Å². The highest BCUT2D eigenvalue weighted by atomic mass is 19.3. The van der Waals surface area contributed by atoms with Crippen LogP contribution in [0, 0.1) is 11.8 Å². The molecule has 0 bridgehead atoms. The predicted octanol–water partition coefficient (Wildman–Crippen LogP) is 3.01. The summed E-state index contributed by atoms with van der Waals surface area (Å²) in [6.07, 6.45) is -3.32. The van der Waals surface area contributed by atoms with Gasteiger partial charge in [0.15, 0.2) is 0 Å². The normalized spacial score (nSPS) is 20.1. The molecule has 1 saturated heterocycles. The summed E-state index contributed by atoms with van der Waals surface area (Å²) in [7, 11) is 0. The molecule has 14 heteroatoms. The fourth-order valence-electron chi connectivity index (χ4n) is 4.59. The van der Waals surface area contributed by atoms with E-state index in [9.17, 15) is 31.5 Å². The van der Waals surface area contributed by atoms with E-state index in [2.05, 4.69) is 25.8 Å². The van der Waals surface area contributed by atoms with E-state index < -0.39 is 67.2 Å². The molecule has 2 aromatic heterocycles. The molecule has 1 aliphatic carbocycles. The van der Waals surface area contributed by atoms with Crippen LogP contribution in [-0.4, -0.2) is 60.7 Å². The van der Waals surface area contributed by atoms with Gasteiger partial charge >= 0.3 is 0 Å².